The molecular weight excluding hydrogens is 312 g/mol. The molecule has 3 aromatic carbocycles. The second kappa shape index (κ2) is 5.30. The van der Waals surface area contributed by atoms with Crippen LogP contribution in [0.5, 0.6) is 0 Å². The number of hydrogen-bond donors (Lipinski definition) is 0. The molecule has 0 nitrogen and oxygen atoms in total. The van der Waals surface area contributed by atoms with Crippen LogP contribution in [0.25, 0.3) is 21.5 Å². The van der Waals surface area contributed by atoms with Crippen molar-refractivity contribution in [1.82, 2.24) is 0 Å². The van der Waals surface area contributed by atoms with E-state index in [1.54, 1.807) is 6.07 Å². The quantitative estimate of drug-likeness (QED) is 0.409. The van der Waals surface area contributed by atoms with E-state index in [2.05, 4.69) is 12.1 Å². The van der Waals surface area contributed by atoms with Crippen molar-refractivity contribution in [2.24, 2.45) is 0 Å². The van der Waals surface area contributed by atoms with Crippen LogP contribution in [0.4, 0.5) is 4.39 Å². The van der Waals surface area contributed by atoms with E-state index in [9.17, 15) is 4.39 Å². The predicted molar refractivity (Wildman–Crippen MR) is 74.5 cm³/mol. The van der Waals surface area contributed by atoms with Crippen LogP contribution in [0.1, 0.15) is 16.7 Å². The summed E-state index contributed by atoms with van der Waals surface area (Å²) in [5, 5.41) is 3.75. The smallest absolute Gasteiger partial charge is 0.129 e. The average molecular weight is 326 g/mol. The summed E-state index contributed by atoms with van der Waals surface area (Å²) >= 11 is 0. The van der Waals surface area contributed by atoms with Gasteiger partial charge in [0.05, 0.1) is 0 Å². The molecule has 0 spiro atoms. The van der Waals surface area contributed by atoms with Crippen molar-refractivity contribution in [1.29, 1.82) is 0 Å². The molecule has 0 bridgehead atoms. The van der Waals surface area contributed by atoms with Gasteiger partial charge in [-0.2, -0.15) is 23.3 Å². The van der Waals surface area contributed by atoms with Crippen molar-refractivity contribution < 1.29 is 37.1 Å². The normalized spacial score (nSPS) is 10.7. The molecule has 0 saturated heterocycles. The van der Waals surface area contributed by atoms with Crippen LogP contribution in [0.3, 0.4) is 0 Å². The summed E-state index contributed by atoms with van der Waals surface area (Å²) in [6.45, 7) is 5.94. The fourth-order valence-electron chi connectivity index (χ4n) is 2.67. The maximum absolute atomic E-state index is 14.2. The third-order valence-corrected chi connectivity index (χ3v) is 3.40. The first-order chi connectivity index (χ1) is 8.56. The Morgan fingerprint density at radius 2 is 1.68 bits per heavy atom. The second-order valence-electron chi connectivity index (χ2n) is 4.95. The zero-order valence-electron chi connectivity index (χ0n) is 11.3. The fraction of sp³-hybridized carbons (Fsp3) is 0.176. The fourth-order valence-corrected chi connectivity index (χ4v) is 2.67. The molecular formula is C17H14FY-. The number of fused-ring (bicyclic) bond motifs is 3. The zero-order valence-corrected chi connectivity index (χ0v) is 14.2. The number of benzene rings is 3. The molecule has 93 valence electrons. The topological polar surface area (TPSA) is 0 Å². The minimum Gasteiger partial charge on any atom is -0.206 e. The van der Waals surface area contributed by atoms with E-state index in [4.69, 9.17) is 0 Å². The van der Waals surface area contributed by atoms with E-state index in [0.717, 1.165) is 38.2 Å². The standard InChI is InChI=1S/C17H14F.Y/c1-10-6-12(3)14-5-4-13-7-11(2)9-16(18)17(13)15(14)8-10;/h4-5,7-9H,1-3H3;/q-1;. The van der Waals surface area contributed by atoms with Crippen molar-refractivity contribution in [2.45, 2.75) is 20.8 Å². The Hall–Kier alpha value is -0.786. The van der Waals surface area contributed by atoms with Crippen LogP contribution < -0.4 is 0 Å². The van der Waals surface area contributed by atoms with Crippen LogP contribution >= 0.6 is 0 Å². The third kappa shape index (κ3) is 2.46. The summed E-state index contributed by atoms with van der Waals surface area (Å²) in [4.78, 5) is 0. The van der Waals surface area contributed by atoms with E-state index >= 15 is 0 Å². The summed E-state index contributed by atoms with van der Waals surface area (Å²) in [6.07, 6.45) is 0. The summed E-state index contributed by atoms with van der Waals surface area (Å²) in [7, 11) is 0. The van der Waals surface area contributed by atoms with Gasteiger partial charge in [0.15, 0.2) is 0 Å². The largest absolute Gasteiger partial charge is 0.206 e. The van der Waals surface area contributed by atoms with E-state index < -0.39 is 0 Å². The van der Waals surface area contributed by atoms with Crippen molar-refractivity contribution >= 4 is 21.5 Å². The number of rotatable bonds is 0. The van der Waals surface area contributed by atoms with Gasteiger partial charge in [0.2, 0.25) is 0 Å². The van der Waals surface area contributed by atoms with Gasteiger partial charge in [-0.3, -0.25) is 0 Å². The molecule has 3 aromatic rings. The van der Waals surface area contributed by atoms with Gasteiger partial charge in [-0.25, -0.2) is 4.39 Å². The predicted octanol–water partition coefficient (Wildman–Crippen LogP) is 4.86. The first-order valence-electron chi connectivity index (χ1n) is 6.08. The Bertz CT molecular complexity index is 775. The van der Waals surface area contributed by atoms with Crippen molar-refractivity contribution in [3.63, 3.8) is 0 Å². The molecule has 0 atom stereocenters. The summed E-state index contributed by atoms with van der Waals surface area (Å²) in [5.74, 6) is -0.138. The summed E-state index contributed by atoms with van der Waals surface area (Å²) in [6, 6.07) is 13.0. The van der Waals surface area contributed by atoms with Crippen molar-refractivity contribution in [3.05, 3.63) is 58.9 Å². The van der Waals surface area contributed by atoms with Crippen molar-refractivity contribution in [3.8, 4) is 0 Å². The molecule has 0 amide bonds. The van der Waals surface area contributed by atoms with Gasteiger partial charge in [0.25, 0.3) is 0 Å². The minimum atomic E-state index is -0.138. The van der Waals surface area contributed by atoms with Crippen LogP contribution in [0, 0.1) is 32.7 Å². The molecule has 0 saturated carbocycles. The SMILES string of the molecule is Cc1[c-]c(C)c2ccc3cc(C)cc(F)c3c2c1.[Y]. The summed E-state index contributed by atoms with van der Waals surface area (Å²) in [5.41, 5.74) is 3.08. The number of aryl methyl sites for hydroxylation is 3. The molecule has 0 aliphatic rings. The van der Waals surface area contributed by atoms with Crippen LogP contribution in [0.2, 0.25) is 0 Å². The molecule has 0 unspecified atom stereocenters. The molecule has 0 N–H and O–H groups in total. The van der Waals surface area contributed by atoms with E-state index in [1.165, 1.54) is 0 Å². The molecule has 1 radical (unpaired) electrons. The molecule has 2 heteroatoms. The zero-order chi connectivity index (χ0) is 12.9. The van der Waals surface area contributed by atoms with Gasteiger partial charge in [-0.15, -0.1) is 16.8 Å². The molecule has 19 heavy (non-hydrogen) atoms. The van der Waals surface area contributed by atoms with Gasteiger partial charge in [0.1, 0.15) is 5.82 Å². The first kappa shape index (κ1) is 14.6. The van der Waals surface area contributed by atoms with E-state index in [1.807, 2.05) is 39.0 Å². The Kier molecular flexibility index (Phi) is 4.08. The maximum atomic E-state index is 14.2. The van der Waals surface area contributed by atoms with Crippen LogP contribution in [0.15, 0.2) is 30.3 Å². The van der Waals surface area contributed by atoms with Crippen LogP contribution in [-0.2, 0) is 32.7 Å². The molecule has 3 rings (SSSR count). The van der Waals surface area contributed by atoms with Gasteiger partial charge in [0, 0.05) is 38.1 Å². The second-order valence-corrected chi connectivity index (χ2v) is 4.95. The van der Waals surface area contributed by atoms with Gasteiger partial charge >= 0.3 is 0 Å². The third-order valence-electron chi connectivity index (χ3n) is 3.40. The molecule has 0 heterocycles. The average Bonchev–Trinajstić information content (AvgIpc) is 2.26. The van der Waals surface area contributed by atoms with Gasteiger partial charge < -0.3 is 0 Å². The number of hydrogen-bond acceptors (Lipinski definition) is 0. The Morgan fingerprint density at radius 1 is 0.947 bits per heavy atom. The molecule has 0 aromatic heterocycles. The Balaban J connectivity index is 0.00000133. The van der Waals surface area contributed by atoms with Gasteiger partial charge in [-0.05, 0) is 23.9 Å². The Labute approximate surface area is 137 Å². The Morgan fingerprint density at radius 3 is 2.42 bits per heavy atom. The van der Waals surface area contributed by atoms with Crippen LogP contribution in [-0.4, -0.2) is 0 Å². The molecule has 0 aliphatic carbocycles. The molecule has 0 fully saturated rings. The van der Waals surface area contributed by atoms with Gasteiger partial charge in [-0.1, -0.05) is 26.0 Å². The van der Waals surface area contributed by atoms with E-state index in [0.29, 0.717) is 0 Å². The van der Waals surface area contributed by atoms with E-state index in [-0.39, 0.29) is 38.5 Å². The number of halogens is 1. The maximum Gasteiger partial charge on any atom is 0.129 e. The van der Waals surface area contributed by atoms with Crippen molar-refractivity contribution in [2.75, 3.05) is 0 Å². The molecule has 0 aliphatic heterocycles. The minimum absolute atomic E-state index is 0. The monoisotopic (exact) mass is 326 g/mol. The first-order valence-corrected chi connectivity index (χ1v) is 6.08. The summed E-state index contributed by atoms with van der Waals surface area (Å²) < 4.78 is 14.2.